The molecule has 0 spiro atoms. The van der Waals surface area contributed by atoms with E-state index in [1.807, 2.05) is 78.9 Å². The molecule has 2 bridgehead atoms. The smallest absolute Gasteiger partial charge is 0.315 e. The number of phenols is 1. The molecule has 0 radical (unpaired) electrons. The van der Waals surface area contributed by atoms with Crippen molar-refractivity contribution in [3.05, 3.63) is 131 Å². The zero-order chi connectivity index (χ0) is 26.1. The SMILES string of the molecule is O=S(=O)(Oc1ccccc1)C1CC2OC1C(c1ccc(/C=C/c3ccccc3)cc1)=C2c1ccc(O)cc1. The van der Waals surface area contributed by atoms with Gasteiger partial charge in [-0.3, -0.25) is 0 Å². The van der Waals surface area contributed by atoms with Gasteiger partial charge in [0.25, 0.3) is 0 Å². The Balaban J connectivity index is 1.36. The first-order valence-corrected chi connectivity index (χ1v) is 14.0. The lowest BCUT2D eigenvalue weighted by atomic mass is 9.83. The minimum absolute atomic E-state index is 0.172. The lowest BCUT2D eigenvalue weighted by Gasteiger charge is -2.24. The van der Waals surface area contributed by atoms with Crippen LogP contribution in [-0.4, -0.2) is 31.0 Å². The highest BCUT2D eigenvalue weighted by Crippen LogP contribution is 2.50. The van der Waals surface area contributed by atoms with Gasteiger partial charge in [-0.2, -0.15) is 8.42 Å². The van der Waals surface area contributed by atoms with Crippen molar-refractivity contribution in [2.24, 2.45) is 0 Å². The Morgan fingerprint density at radius 3 is 1.92 bits per heavy atom. The molecule has 4 aromatic rings. The van der Waals surface area contributed by atoms with E-state index in [2.05, 4.69) is 6.08 Å². The molecule has 5 nitrogen and oxygen atoms in total. The molecular weight excluding hydrogens is 496 g/mol. The van der Waals surface area contributed by atoms with Crippen molar-refractivity contribution in [1.29, 1.82) is 0 Å². The largest absolute Gasteiger partial charge is 0.508 e. The Bertz CT molecular complexity index is 1590. The Labute approximate surface area is 222 Å². The van der Waals surface area contributed by atoms with Crippen LogP contribution in [0.2, 0.25) is 0 Å². The second kappa shape index (κ2) is 9.97. The van der Waals surface area contributed by atoms with Gasteiger partial charge in [0.1, 0.15) is 22.9 Å². The van der Waals surface area contributed by atoms with Crippen LogP contribution in [0.4, 0.5) is 0 Å². The minimum atomic E-state index is -3.95. The average Bonchev–Trinajstić information content (AvgIpc) is 3.54. The summed E-state index contributed by atoms with van der Waals surface area (Å²) in [6.45, 7) is 0. The highest BCUT2D eigenvalue weighted by Gasteiger charge is 2.53. The van der Waals surface area contributed by atoms with E-state index in [1.54, 1.807) is 36.4 Å². The summed E-state index contributed by atoms with van der Waals surface area (Å²) in [6, 6.07) is 33.6. The number of hydrogen-bond donors (Lipinski definition) is 1. The number of benzene rings is 4. The second-order valence-electron chi connectivity index (χ2n) is 9.45. The number of aromatic hydroxyl groups is 1. The van der Waals surface area contributed by atoms with Gasteiger partial charge in [0.05, 0.1) is 6.10 Å². The van der Waals surface area contributed by atoms with Gasteiger partial charge in [0.15, 0.2) is 0 Å². The molecule has 0 aliphatic carbocycles. The molecule has 3 atom stereocenters. The predicted molar refractivity (Wildman–Crippen MR) is 150 cm³/mol. The quantitative estimate of drug-likeness (QED) is 0.224. The second-order valence-corrected chi connectivity index (χ2v) is 11.2. The van der Waals surface area contributed by atoms with Gasteiger partial charge >= 0.3 is 10.1 Å². The molecule has 6 rings (SSSR count). The van der Waals surface area contributed by atoms with Crippen LogP contribution in [0, 0.1) is 0 Å². The summed E-state index contributed by atoms with van der Waals surface area (Å²) in [4.78, 5) is 0. The van der Waals surface area contributed by atoms with Crippen LogP contribution in [-0.2, 0) is 14.9 Å². The monoisotopic (exact) mass is 522 g/mol. The van der Waals surface area contributed by atoms with Gasteiger partial charge in [0, 0.05) is 6.42 Å². The number of ether oxygens (including phenoxy) is 1. The highest BCUT2D eigenvalue weighted by atomic mass is 32.2. The molecule has 1 fully saturated rings. The summed E-state index contributed by atoms with van der Waals surface area (Å²) in [5.41, 5.74) is 5.74. The Hall–Kier alpha value is -4.13. The summed E-state index contributed by atoms with van der Waals surface area (Å²) in [6.07, 6.45) is 3.35. The van der Waals surface area contributed by atoms with Gasteiger partial charge in [0.2, 0.25) is 0 Å². The van der Waals surface area contributed by atoms with Crippen molar-refractivity contribution < 1.29 is 22.4 Å². The third-order valence-corrected chi connectivity index (χ3v) is 8.59. The van der Waals surface area contributed by atoms with Gasteiger partial charge in [-0.15, -0.1) is 0 Å². The van der Waals surface area contributed by atoms with Crippen molar-refractivity contribution in [2.75, 3.05) is 0 Å². The van der Waals surface area contributed by atoms with Crippen molar-refractivity contribution >= 4 is 33.4 Å². The summed E-state index contributed by atoms with van der Waals surface area (Å²) in [5.74, 6) is 0.459. The standard InChI is InChI=1S/C32H26O5S/c33-26-19-17-24(18-20-26)30-28-21-29(38(34,35)37-27-9-5-2-6-10-27)32(36-28)31(30)25-15-13-23(14-16-25)12-11-22-7-3-1-4-8-22/h1-20,28-29,32-33H,21H2/b12-11+. The lowest BCUT2D eigenvalue weighted by molar-refractivity contribution is 0.128. The molecule has 2 heterocycles. The van der Waals surface area contributed by atoms with Crippen LogP contribution < -0.4 is 4.18 Å². The Kier molecular flexibility index (Phi) is 6.35. The first-order valence-electron chi connectivity index (χ1n) is 12.5. The van der Waals surface area contributed by atoms with Gasteiger partial charge in [-0.25, -0.2) is 0 Å². The molecule has 2 aliphatic heterocycles. The molecule has 190 valence electrons. The van der Waals surface area contributed by atoms with Crippen molar-refractivity contribution in [2.45, 2.75) is 23.9 Å². The molecule has 6 heteroatoms. The van der Waals surface area contributed by atoms with Crippen molar-refractivity contribution in [1.82, 2.24) is 0 Å². The number of fused-ring (bicyclic) bond motifs is 2. The summed E-state index contributed by atoms with van der Waals surface area (Å²) < 4.78 is 38.5. The maximum atomic E-state index is 13.4. The Morgan fingerprint density at radius 2 is 1.26 bits per heavy atom. The first kappa shape index (κ1) is 24.2. The molecule has 1 N–H and O–H groups in total. The fourth-order valence-electron chi connectivity index (χ4n) is 5.20. The average molecular weight is 523 g/mol. The zero-order valence-electron chi connectivity index (χ0n) is 20.5. The number of phenolic OH excluding ortho intramolecular Hbond substituents is 1. The molecular formula is C32H26O5S. The zero-order valence-corrected chi connectivity index (χ0v) is 21.3. The lowest BCUT2D eigenvalue weighted by Crippen LogP contribution is -2.35. The maximum absolute atomic E-state index is 13.4. The topological polar surface area (TPSA) is 72.8 Å². The van der Waals surface area contributed by atoms with Gasteiger partial charge in [-0.1, -0.05) is 97.1 Å². The predicted octanol–water partition coefficient (Wildman–Crippen LogP) is 6.42. The van der Waals surface area contributed by atoms with E-state index < -0.39 is 27.6 Å². The van der Waals surface area contributed by atoms with Crippen LogP contribution in [0.3, 0.4) is 0 Å². The van der Waals surface area contributed by atoms with Crippen molar-refractivity contribution in [3.8, 4) is 11.5 Å². The van der Waals surface area contributed by atoms with Crippen LogP contribution in [0.1, 0.15) is 28.7 Å². The minimum Gasteiger partial charge on any atom is -0.508 e. The molecule has 2 aliphatic rings. The molecule has 0 saturated carbocycles. The summed E-state index contributed by atoms with van der Waals surface area (Å²) in [5, 5.41) is 8.98. The fraction of sp³-hybridized carbons (Fsp3) is 0.125. The number of para-hydroxylation sites is 1. The van der Waals surface area contributed by atoms with Crippen LogP contribution in [0.15, 0.2) is 109 Å². The third-order valence-electron chi connectivity index (χ3n) is 6.99. The first-order chi connectivity index (χ1) is 18.5. The van der Waals surface area contributed by atoms with Gasteiger partial charge < -0.3 is 14.0 Å². The van der Waals surface area contributed by atoms with E-state index in [0.717, 1.165) is 33.4 Å². The molecule has 1 saturated heterocycles. The van der Waals surface area contributed by atoms with E-state index in [4.69, 9.17) is 8.92 Å². The van der Waals surface area contributed by atoms with Gasteiger partial charge in [-0.05, 0) is 57.7 Å². The number of hydrogen-bond acceptors (Lipinski definition) is 5. The summed E-state index contributed by atoms with van der Waals surface area (Å²) in [7, 11) is -3.95. The third kappa shape index (κ3) is 4.76. The van der Waals surface area contributed by atoms with Crippen LogP contribution in [0.5, 0.6) is 11.5 Å². The van der Waals surface area contributed by atoms with E-state index in [0.29, 0.717) is 6.42 Å². The summed E-state index contributed by atoms with van der Waals surface area (Å²) >= 11 is 0. The van der Waals surface area contributed by atoms with E-state index >= 15 is 0 Å². The molecule has 4 aromatic carbocycles. The molecule has 0 amide bonds. The number of rotatable bonds is 7. The maximum Gasteiger partial charge on any atom is 0.315 e. The van der Waals surface area contributed by atoms with Crippen LogP contribution in [0.25, 0.3) is 23.3 Å². The molecule has 38 heavy (non-hydrogen) atoms. The van der Waals surface area contributed by atoms with E-state index in [9.17, 15) is 13.5 Å². The van der Waals surface area contributed by atoms with E-state index in [-0.39, 0.29) is 11.5 Å². The normalized spacial score (nSPS) is 20.8. The molecule has 3 unspecified atom stereocenters. The highest BCUT2D eigenvalue weighted by molar-refractivity contribution is 7.87. The van der Waals surface area contributed by atoms with Crippen LogP contribution >= 0.6 is 0 Å². The fourth-order valence-corrected chi connectivity index (χ4v) is 6.61. The van der Waals surface area contributed by atoms with Crippen molar-refractivity contribution in [3.63, 3.8) is 0 Å². The van der Waals surface area contributed by atoms with E-state index in [1.165, 1.54) is 0 Å². The Morgan fingerprint density at radius 1 is 0.711 bits per heavy atom. The molecule has 0 aromatic heterocycles.